The maximum Gasteiger partial charge on any atom is 0.191 e. The van der Waals surface area contributed by atoms with Crippen LogP contribution in [0.5, 0.6) is 11.5 Å². The standard InChI is InChI=1S/C20H27ClN4O2/c1-3-22-20(24-13-11-16-5-10-19(21)25-15-16)23-12-4-14-27-18-8-6-17(26-2)7-9-18/h5-10,15H,3-4,11-14H2,1-2H3,(H2,22,23,24). The summed E-state index contributed by atoms with van der Waals surface area (Å²) in [7, 11) is 1.65. The second-order valence-electron chi connectivity index (χ2n) is 5.80. The van der Waals surface area contributed by atoms with Crippen molar-refractivity contribution in [2.45, 2.75) is 19.8 Å². The number of aliphatic imine (C=N–C) groups is 1. The molecule has 6 nitrogen and oxygen atoms in total. The molecule has 1 aromatic heterocycles. The van der Waals surface area contributed by atoms with Crippen LogP contribution in [0.4, 0.5) is 0 Å². The van der Waals surface area contributed by atoms with E-state index in [1.54, 1.807) is 19.4 Å². The number of pyridine rings is 1. The molecule has 1 aromatic carbocycles. The van der Waals surface area contributed by atoms with Crippen molar-refractivity contribution in [2.75, 3.05) is 33.4 Å². The number of nitrogens with zero attached hydrogens (tertiary/aromatic N) is 2. The number of methoxy groups -OCH3 is 1. The van der Waals surface area contributed by atoms with E-state index in [1.165, 1.54) is 0 Å². The molecule has 2 rings (SSSR count). The number of ether oxygens (including phenoxy) is 2. The zero-order valence-corrected chi connectivity index (χ0v) is 16.6. The lowest BCUT2D eigenvalue weighted by Gasteiger charge is -2.11. The molecule has 2 aromatic rings. The Bertz CT molecular complexity index is 690. The normalized spacial score (nSPS) is 11.1. The first kappa shape index (κ1) is 20.8. The molecule has 7 heteroatoms. The van der Waals surface area contributed by atoms with E-state index in [2.05, 4.69) is 20.6 Å². The number of hydrogen-bond acceptors (Lipinski definition) is 4. The molecular weight excluding hydrogens is 364 g/mol. The first-order chi connectivity index (χ1) is 13.2. The zero-order chi connectivity index (χ0) is 19.3. The van der Waals surface area contributed by atoms with Crippen molar-refractivity contribution >= 4 is 17.6 Å². The van der Waals surface area contributed by atoms with Crippen LogP contribution in [0.1, 0.15) is 18.9 Å². The zero-order valence-electron chi connectivity index (χ0n) is 15.9. The molecule has 0 bridgehead atoms. The predicted octanol–water partition coefficient (Wildman–Crippen LogP) is 3.31. The van der Waals surface area contributed by atoms with Gasteiger partial charge in [0, 0.05) is 32.3 Å². The number of hydrogen-bond donors (Lipinski definition) is 2. The van der Waals surface area contributed by atoms with Crippen LogP contribution in [0.3, 0.4) is 0 Å². The Hall–Kier alpha value is -2.47. The van der Waals surface area contributed by atoms with E-state index in [-0.39, 0.29) is 0 Å². The van der Waals surface area contributed by atoms with Crippen LogP contribution in [0.2, 0.25) is 5.15 Å². The van der Waals surface area contributed by atoms with Gasteiger partial charge in [0.2, 0.25) is 0 Å². The number of aromatic nitrogens is 1. The SMILES string of the molecule is CCNC(=NCCCOc1ccc(OC)cc1)NCCc1ccc(Cl)nc1. The Morgan fingerprint density at radius 2 is 1.89 bits per heavy atom. The van der Waals surface area contributed by atoms with Crippen LogP contribution in [-0.2, 0) is 6.42 Å². The lowest BCUT2D eigenvalue weighted by molar-refractivity contribution is 0.312. The summed E-state index contributed by atoms with van der Waals surface area (Å²) in [5.41, 5.74) is 1.13. The van der Waals surface area contributed by atoms with Gasteiger partial charge in [0.15, 0.2) is 5.96 Å². The molecule has 0 unspecified atom stereocenters. The molecule has 27 heavy (non-hydrogen) atoms. The van der Waals surface area contributed by atoms with Gasteiger partial charge in [-0.1, -0.05) is 17.7 Å². The quantitative estimate of drug-likeness (QED) is 0.282. The molecule has 146 valence electrons. The summed E-state index contributed by atoms with van der Waals surface area (Å²) in [4.78, 5) is 8.66. The van der Waals surface area contributed by atoms with Crippen LogP contribution in [0.25, 0.3) is 0 Å². The van der Waals surface area contributed by atoms with Crippen LogP contribution >= 0.6 is 11.6 Å². The average molecular weight is 391 g/mol. The fraction of sp³-hybridized carbons (Fsp3) is 0.400. The minimum atomic E-state index is 0.512. The summed E-state index contributed by atoms with van der Waals surface area (Å²) in [6.07, 6.45) is 3.49. The Morgan fingerprint density at radius 3 is 2.56 bits per heavy atom. The van der Waals surface area contributed by atoms with Gasteiger partial charge in [-0.15, -0.1) is 0 Å². The molecule has 0 spiro atoms. The second kappa shape index (κ2) is 12.0. The Kier molecular flexibility index (Phi) is 9.27. The molecule has 0 saturated heterocycles. The van der Waals surface area contributed by atoms with E-state index in [4.69, 9.17) is 21.1 Å². The van der Waals surface area contributed by atoms with Gasteiger partial charge >= 0.3 is 0 Å². The van der Waals surface area contributed by atoms with Crippen molar-refractivity contribution in [1.82, 2.24) is 15.6 Å². The van der Waals surface area contributed by atoms with Crippen molar-refractivity contribution in [3.05, 3.63) is 53.3 Å². The Morgan fingerprint density at radius 1 is 1.11 bits per heavy atom. The van der Waals surface area contributed by atoms with Gasteiger partial charge in [-0.3, -0.25) is 4.99 Å². The van der Waals surface area contributed by atoms with E-state index in [0.717, 1.165) is 49.0 Å². The average Bonchev–Trinajstić information content (AvgIpc) is 2.69. The van der Waals surface area contributed by atoms with E-state index < -0.39 is 0 Å². The van der Waals surface area contributed by atoms with Crippen LogP contribution in [0, 0.1) is 0 Å². The smallest absolute Gasteiger partial charge is 0.191 e. The molecule has 1 heterocycles. The van der Waals surface area contributed by atoms with E-state index in [9.17, 15) is 0 Å². The molecule has 0 amide bonds. The van der Waals surface area contributed by atoms with Crippen LogP contribution in [-0.4, -0.2) is 44.3 Å². The number of nitrogens with one attached hydrogen (secondary N) is 2. The van der Waals surface area contributed by atoms with Crippen LogP contribution < -0.4 is 20.1 Å². The fourth-order valence-electron chi connectivity index (χ4n) is 2.34. The molecule has 0 aliphatic carbocycles. The third-order valence-electron chi connectivity index (χ3n) is 3.74. The third kappa shape index (κ3) is 8.17. The minimum Gasteiger partial charge on any atom is -0.497 e. The van der Waals surface area contributed by atoms with Gasteiger partial charge in [-0.25, -0.2) is 4.98 Å². The summed E-state index contributed by atoms with van der Waals surface area (Å²) in [6, 6.07) is 11.4. The topological polar surface area (TPSA) is 67.8 Å². The number of rotatable bonds is 10. The lowest BCUT2D eigenvalue weighted by Crippen LogP contribution is -2.38. The van der Waals surface area contributed by atoms with Crippen molar-refractivity contribution in [2.24, 2.45) is 4.99 Å². The molecular formula is C20H27ClN4O2. The van der Waals surface area contributed by atoms with Crippen molar-refractivity contribution < 1.29 is 9.47 Å². The third-order valence-corrected chi connectivity index (χ3v) is 3.96. The number of halogens is 1. The highest BCUT2D eigenvalue weighted by molar-refractivity contribution is 6.29. The Labute approximate surface area is 166 Å². The molecule has 0 aliphatic rings. The predicted molar refractivity (Wildman–Crippen MR) is 110 cm³/mol. The molecule has 0 radical (unpaired) electrons. The highest BCUT2D eigenvalue weighted by Crippen LogP contribution is 2.16. The largest absolute Gasteiger partial charge is 0.497 e. The molecule has 0 atom stereocenters. The first-order valence-corrected chi connectivity index (χ1v) is 9.48. The molecule has 0 aliphatic heterocycles. The second-order valence-corrected chi connectivity index (χ2v) is 6.19. The lowest BCUT2D eigenvalue weighted by atomic mass is 10.2. The summed E-state index contributed by atoms with van der Waals surface area (Å²) >= 11 is 5.80. The van der Waals surface area contributed by atoms with Gasteiger partial charge in [0.1, 0.15) is 16.7 Å². The summed E-state index contributed by atoms with van der Waals surface area (Å²) in [5.74, 6) is 2.47. The van der Waals surface area contributed by atoms with E-state index in [0.29, 0.717) is 18.3 Å². The van der Waals surface area contributed by atoms with E-state index in [1.807, 2.05) is 37.3 Å². The van der Waals surface area contributed by atoms with Gasteiger partial charge in [-0.05, 0) is 49.2 Å². The Balaban J connectivity index is 1.68. The molecule has 2 N–H and O–H groups in total. The fourth-order valence-corrected chi connectivity index (χ4v) is 2.45. The number of guanidine groups is 1. The highest BCUT2D eigenvalue weighted by atomic mass is 35.5. The maximum absolute atomic E-state index is 5.80. The van der Waals surface area contributed by atoms with Gasteiger partial charge in [0.05, 0.1) is 13.7 Å². The summed E-state index contributed by atoms with van der Waals surface area (Å²) < 4.78 is 10.8. The minimum absolute atomic E-state index is 0.512. The highest BCUT2D eigenvalue weighted by Gasteiger charge is 1.99. The van der Waals surface area contributed by atoms with Crippen molar-refractivity contribution in [3.63, 3.8) is 0 Å². The van der Waals surface area contributed by atoms with Gasteiger partial charge in [-0.2, -0.15) is 0 Å². The van der Waals surface area contributed by atoms with Crippen molar-refractivity contribution in [3.8, 4) is 11.5 Å². The van der Waals surface area contributed by atoms with Crippen molar-refractivity contribution in [1.29, 1.82) is 0 Å². The summed E-state index contributed by atoms with van der Waals surface area (Å²) in [5, 5.41) is 7.09. The monoisotopic (exact) mass is 390 g/mol. The molecule has 0 fully saturated rings. The van der Waals surface area contributed by atoms with Gasteiger partial charge in [0.25, 0.3) is 0 Å². The maximum atomic E-state index is 5.80. The number of benzene rings is 1. The summed E-state index contributed by atoms with van der Waals surface area (Å²) in [6.45, 7) is 4.95. The van der Waals surface area contributed by atoms with E-state index >= 15 is 0 Å². The molecule has 0 saturated carbocycles. The first-order valence-electron chi connectivity index (χ1n) is 9.10. The van der Waals surface area contributed by atoms with Gasteiger partial charge < -0.3 is 20.1 Å². The van der Waals surface area contributed by atoms with Crippen LogP contribution in [0.15, 0.2) is 47.6 Å².